The molecule has 0 aromatic carbocycles. The van der Waals surface area contributed by atoms with Crippen LogP contribution >= 0.6 is 0 Å². The molecule has 1 aromatic heterocycles. The highest BCUT2D eigenvalue weighted by Gasteiger charge is 2.25. The molecular weight excluding hydrogens is 266 g/mol. The summed E-state index contributed by atoms with van der Waals surface area (Å²) >= 11 is 0. The molecule has 1 heterocycles. The van der Waals surface area contributed by atoms with E-state index in [0.717, 1.165) is 12.8 Å². The maximum Gasteiger partial charge on any atom is 0.254 e. The average molecular weight is 293 g/mol. The molecule has 5 heteroatoms. The molecule has 5 nitrogen and oxygen atoms in total. The van der Waals surface area contributed by atoms with Crippen LogP contribution in [0.4, 0.5) is 5.82 Å². The van der Waals surface area contributed by atoms with E-state index < -0.39 is 0 Å². The molecule has 1 atom stereocenters. The molecule has 1 N–H and O–H groups in total. The summed E-state index contributed by atoms with van der Waals surface area (Å²) in [4.78, 5) is 12.3. The first kappa shape index (κ1) is 16.0. The van der Waals surface area contributed by atoms with E-state index in [9.17, 15) is 4.79 Å². The number of carbonyl (C=O) groups is 1. The lowest BCUT2D eigenvalue weighted by atomic mass is 10.1. The molecule has 1 aromatic rings. The third-order valence-electron chi connectivity index (χ3n) is 3.85. The first-order valence-corrected chi connectivity index (χ1v) is 7.92. The Bertz CT molecular complexity index is 470. The SMILES string of the molecule is CC[C@@H](OC1CCCC1)C(=O)Nc1ccn(C(C)(C)C)n1. The van der Waals surface area contributed by atoms with Crippen LogP contribution < -0.4 is 5.32 Å². The van der Waals surface area contributed by atoms with E-state index in [1.54, 1.807) is 0 Å². The number of rotatable bonds is 5. The van der Waals surface area contributed by atoms with Gasteiger partial charge in [-0.2, -0.15) is 5.10 Å². The van der Waals surface area contributed by atoms with Crippen molar-refractivity contribution in [1.82, 2.24) is 9.78 Å². The van der Waals surface area contributed by atoms with E-state index in [-0.39, 0.29) is 23.7 Å². The van der Waals surface area contributed by atoms with Gasteiger partial charge in [-0.15, -0.1) is 0 Å². The number of aromatic nitrogens is 2. The van der Waals surface area contributed by atoms with Crippen LogP contribution in [0.1, 0.15) is 59.8 Å². The van der Waals surface area contributed by atoms with Gasteiger partial charge in [-0.05, 0) is 40.0 Å². The predicted molar refractivity (Wildman–Crippen MR) is 83.3 cm³/mol. The third kappa shape index (κ3) is 4.30. The molecule has 0 saturated heterocycles. The van der Waals surface area contributed by atoms with Gasteiger partial charge >= 0.3 is 0 Å². The number of hydrogen-bond acceptors (Lipinski definition) is 3. The number of amides is 1. The number of ether oxygens (including phenoxy) is 1. The largest absolute Gasteiger partial charge is 0.365 e. The Balaban J connectivity index is 1.93. The third-order valence-corrected chi connectivity index (χ3v) is 3.85. The van der Waals surface area contributed by atoms with Gasteiger partial charge in [0.05, 0.1) is 11.6 Å². The highest BCUT2D eigenvalue weighted by atomic mass is 16.5. The van der Waals surface area contributed by atoms with Crippen LogP contribution in [0.15, 0.2) is 12.3 Å². The van der Waals surface area contributed by atoms with Crippen LogP contribution in [0.25, 0.3) is 0 Å². The molecule has 1 aliphatic carbocycles. The van der Waals surface area contributed by atoms with Crippen molar-refractivity contribution in [1.29, 1.82) is 0 Å². The van der Waals surface area contributed by atoms with Crippen molar-refractivity contribution < 1.29 is 9.53 Å². The fourth-order valence-corrected chi connectivity index (χ4v) is 2.57. The van der Waals surface area contributed by atoms with Crippen LogP contribution in [0.5, 0.6) is 0 Å². The maximum atomic E-state index is 12.3. The predicted octanol–water partition coefficient (Wildman–Crippen LogP) is 3.31. The Kier molecular flexibility index (Phi) is 5.04. The number of nitrogens with zero attached hydrogens (tertiary/aromatic N) is 2. The molecule has 0 unspecified atom stereocenters. The lowest BCUT2D eigenvalue weighted by molar-refractivity contribution is -0.131. The minimum absolute atomic E-state index is 0.0898. The Labute approximate surface area is 127 Å². The zero-order valence-corrected chi connectivity index (χ0v) is 13.6. The van der Waals surface area contributed by atoms with Crippen molar-refractivity contribution >= 4 is 11.7 Å². The van der Waals surface area contributed by atoms with Crippen LogP contribution in [-0.2, 0) is 15.1 Å². The van der Waals surface area contributed by atoms with Crippen molar-refractivity contribution in [3.63, 3.8) is 0 Å². The van der Waals surface area contributed by atoms with E-state index in [0.29, 0.717) is 12.2 Å². The lowest BCUT2D eigenvalue weighted by Gasteiger charge is -2.20. The standard InChI is InChI=1S/C16H27N3O2/c1-5-13(21-12-8-6-7-9-12)15(20)17-14-10-11-19(18-14)16(2,3)4/h10-13H,5-9H2,1-4H3,(H,17,18,20)/t13-/m1/s1. The van der Waals surface area contributed by atoms with Crippen molar-refractivity contribution in [3.8, 4) is 0 Å². The van der Waals surface area contributed by atoms with E-state index in [1.807, 2.05) is 23.9 Å². The van der Waals surface area contributed by atoms with Gasteiger partial charge in [-0.1, -0.05) is 19.8 Å². The van der Waals surface area contributed by atoms with E-state index in [2.05, 4.69) is 31.2 Å². The maximum absolute atomic E-state index is 12.3. The minimum Gasteiger partial charge on any atom is -0.365 e. The summed E-state index contributed by atoms with van der Waals surface area (Å²) in [6.07, 6.45) is 6.99. The molecule has 118 valence electrons. The molecule has 21 heavy (non-hydrogen) atoms. The minimum atomic E-state index is -0.382. The van der Waals surface area contributed by atoms with Crippen molar-refractivity contribution in [2.24, 2.45) is 0 Å². The number of carbonyl (C=O) groups excluding carboxylic acids is 1. The van der Waals surface area contributed by atoms with E-state index in [4.69, 9.17) is 4.74 Å². The van der Waals surface area contributed by atoms with Gasteiger partial charge in [-0.25, -0.2) is 0 Å². The summed E-state index contributed by atoms with van der Waals surface area (Å²) in [6.45, 7) is 8.20. The van der Waals surface area contributed by atoms with Gasteiger partial charge in [0.1, 0.15) is 6.10 Å². The fraction of sp³-hybridized carbons (Fsp3) is 0.750. The van der Waals surface area contributed by atoms with Crippen molar-refractivity contribution in [3.05, 3.63) is 12.3 Å². The van der Waals surface area contributed by atoms with Crippen molar-refractivity contribution in [2.75, 3.05) is 5.32 Å². The second kappa shape index (κ2) is 6.60. The molecule has 1 amide bonds. The van der Waals surface area contributed by atoms with Gasteiger partial charge in [0.15, 0.2) is 5.82 Å². The highest BCUT2D eigenvalue weighted by molar-refractivity contribution is 5.93. The van der Waals surface area contributed by atoms with Crippen LogP contribution in [-0.4, -0.2) is 27.9 Å². The molecule has 1 aliphatic rings. The highest BCUT2D eigenvalue weighted by Crippen LogP contribution is 2.23. The first-order chi connectivity index (χ1) is 9.90. The molecule has 0 bridgehead atoms. The van der Waals surface area contributed by atoms with Crippen molar-refractivity contribution in [2.45, 2.75) is 77.5 Å². The molecule has 0 radical (unpaired) electrons. The number of hydrogen-bond donors (Lipinski definition) is 1. The Morgan fingerprint density at radius 1 is 1.48 bits per heavy atom. The lowest BCUT2D eigenvalue weighted by Crippen LogP contribution is -2.33. The van der Waals surface area contributed by atoms with Gasteiger partial charge in [0.25, 0.3) is 5.91 Å². The Hall–Kier alpha value is -1.36. The number of nitrogens with one attached hydrogen (secondary N) is 1. The van der Waals surface area contributed by atoms with E-state index >= 15 is 0 Å². The second-order valence-corrected chi connectivity index (χ2v) is 6.75. The first-order valence-electron chi connectivity index (χ1n) is 7.92. The molecule has 1 fully saturated rings. The molecule has 1 saturated carbocycles. The van der Waals surface area contributed by atoms with E-state index in [1.165, 1.54) is 12.8 Å². The fourth-order valence-electron chi connectivity index (χ4n) is 2.57. The number of anilines is 1. The summed E-state index contributed by atoms with van der Waals surface area (Å²) in [5, 5.41) is 7.26. The summed E-state index contributed by atoms with van der Waals surface area (Å²) < 4.78 is 7.77. The summed E-state index contributed by atoms with van der Waals surface area (Å²) in [5.74, 6) is 0.493. The monoisotopic (exact) mass is 293 g/mol. The second-order valence-electron chi connectivity index (χ2n) is 6.75. The molecule has 2 rings (SSSR count). The topological polar surface area (TPSA) is 56.1 Å². The summed E-state index contributed by atoms with van der Waals surface area (Å²) in [7, 11) is 0. The average Bonchev–Trinajstić information content (AvgIpc) is 3.05. The smallest absolute Gasteiger partial charge is 0.254 e. The summed E-state index contributed by atoms with van der Waals surface area (Å²) in [6, 6.07) is 1.82. The molecular formula is C16H27N3O2. The Morgan fingerprint density at radius 3 is 2.67 bits per heavy atom. The van der Waals surface area contributed by atoms with Gasteiger partial charge in [0.2, 0.25) is 0 Å². The zero-order chi connectivity index (χ0) is 15.5. The van der Waals surface area contributed by atoms with Gasteiger partial charge in [0, 0.05) is 12.3 Å². The van der Waals surface area contributed by atoms with Gasteiger partial charge < -0.3 is 10.1 Å². The van der Waals surface area contributed by atoms with Gasteiger partial charge in [-0.3, -0.25) is 9.48 Å². The molecule has 0 spiro atoms. The van der Waals surface area contributed by atoms with Crippen LogP contribution in [0, 0.1) is 0 Å². The Morgan fingerprint density at radius 2 is 2.14 bits per heavy atom. The van der Waals surface area contributed by atoms with Crippen LogP contribution in [0.2, 0.25) is 0 Å². The normalized spacial score (nSPS) is 17.9. The van der Waals surface area contributed by atoms with Crippen LogP contribution in [0.3, 0.4) is 0 Å². The zero-order valence-electron chi connectivity index (χ0n) is 13.6. The quantitative estimate of drug-likeness (QED) is 0.906. The summed E-state index contributed by atoms with van der Waals surface area (Å²) in [5.41, 5.74) is -0.0898. The molecule has 0 aliphatic heterocycles.